The molecule has 0 bridgehead atoms. The summed E-state index contributed by atoms with van der Waals surface area (Å²) in [5.41, 5.74) is 0.953. The lowest BCUT2D eigenvalue weighted by atomic mass is 9.96. The number of hydrogen-bond acceptors (Lipinski definition) is 4. The molecule has 2 unspecified atom stereocenters. The summed E-state index contributed by atoms with van der Waals surface area (Å²) in [5.74, 6) is 1.11. The first kappa shape index (κ1) is 10.9. The normalized spacial score (nSPS) is 36.2. The first-order valence-electron chi connectivity index (χ1n) is 5.80. The Labute approximate surface area is 90.9 Å². The van der Waals surface area contributed by atoms with E-state index >= 15 is 0 Å². The molecular formula is C11H20N2O2. The third kappa shape index (κ3) is 2.69. The fourth-order valence-electron chi connectivity index (χ4n) is 2.51. The van der Waals surface area contributed by atoms with E-state index < -0.39 is 0 Å². The minimum Gasteiger partial charge on any atom is -0.411 e. The van der Waals surface area contributed by atoms with Gasteiger partial charge in [0, 0.05) is 38.6 Å². The van der Waals surface area contributed by atoms with Crippen molar-refractivity contribution in [3.05, 3.63) is 0 Å². The van der Waals surface area contributed by atoms with Gasteiger partial charge in [-0.15, -0.1) is 0 Å². The van der Waals surface area contributed by atoms with Gasteiger partial charge in [0.1, 0.15) is 0 Å². The van der Waals surface area contributed by atoms with Crippen LogP contribution in [0.15, 0.2) is 5.16 Å². The van der Waals surface area contributed by atoms with Crippen LogP contribution >= 0.6 is 0 Å². The smallest absolute Gasteiger partial charge is 0.0624 e. The van der Waals surface area contributed by atoms with Crippen LogP contribution in [0, 0.1) is 11.8 Å². The average Bonchev–Trinajstić information content (AvgIpc) is 2.71. The van der Waals surface area contributed by atoms with Gasteiger partial charge in [-0.1, -0.05) is 12.1 Å². The van der Waals surface area contributed by atoms with Gasteiger partial charge in [0.15, 0.2) is 0 Å². The van der Waals surface area contributed by atoms with Crippen molar-refractivity contribution in [1.29, 1.82) is 0 Å². The molecule has 0 radical (unpaired) electrons. The lowest BCUT2D eigenvalue weighted by Gasteiger charge is -2.32. The Morgan fingerprint density at radius 3 is 3.07 bits per heavy atom. The molecule has 0 aromatic rings. The third-order valence-corrected chi connectivity index (χ3v) is 3.45. The van der Waals surface area contributed by atoms with Crippen LogP contribution in [-0.4, -0.2) is 48.7 Å². The van der Waals surface area contributed by atoms with Gasteiger partial charge in [0.25, 0.3) is 0 Å². The highest BCUT2D eigenvalue weighted by Crippen LogP contribution is 2.19. The van der Waals surface area contributed by atoms with E-state index in [0.717, 1.165) is 45.0 Å². The van der Waals surface area contributed by atoms with Crippen molar-refractivity contribution in [2.24, 2.45) is 17.0 Å². The van der Waals surface area contributed by atoms with Crippen LogP contribution in [0.1, 0.15) is 19.8 Å². The van der Waals surface area contributed by atoms with Crippen LogP contribution in [0.2, 0.25) is 0 Å². The Bertz CT molecular complexity index is 237. The summed E-state index contributed by atoms with van der Waals surface area (Å²) in [4.78, 5) is 2.47. The van der Waals surface area contributed by atoms with Crippen molar-refractivity contribution in [1.82, 2.24) is 4.90 Å². The zero-order valence-electron chi connectivity index (χ0n) is 9.35. The Kier molecular flexibility index (Phi) is 3.59. The molecule has 2 atom stereocenters. The highest BCUT2D eigenvalue weighted by atomic mass is 16.5. The number of ether oxygens (including phenoxy) is 1. The molecule has 0 aromatic heterocycles. The number of nitrogens with zero attached hydrogens (tertiary/aromatic N) is 2. The maximum Gasteiger partial charge on any atom is 0.0624 e. The molecular weight excluding hydrogens is 192 g/mol. The predicted octanol–water partition coefficient (Wildman–Crippen LogP) is 1.19. The average molecular weight is 212 g/mol. The van der Waals surface area contributed by atoms with Crippen molar-refractivity contribution in [2.75, 3.05) is 32.8 Å². The van der Waals surface area contributed by atoms with Gasteiger partial charge in [-0.05, 0) is 12.3 Å². The Morgan fingerprint density at radius 1 is 1.60 bits per heavy atom. The molecule has 4 nitrogen and oxygen atoms in total. The zero-order valence-corrected chi connectivity index (χ0v) is 9.35. The molecule has 2 heterocycles. The standard InChI is InChI=1S/C11H20N2O2/c1-9-6-13(4-2-11(9)12-14)7-10-3-5-15-8-10/h9-10,14H,2-8H2,1H3. The zero-order chi connectivity index (χ0) is 10.7. The fraction of sp³-hybridized carbons (Fsp3) is 0.909. The van der Waals surface area contributed by atoms with Gasteiger partial charge >= 0.3 is 0 Å². The maximum atomic E-state index is 8.78. The quantitative estimate of drug-likeness (QED) is 0.552. The summed E-state index contributed by atoms with van der Waals surface area (Å²) >= 11 is 0. The SMILES string of the molecule is CC1CN(CC2CCOC2)CCC1=NO. The Balaban J connectivity index is 1.80. The Hall–Kier alpha value is -0.610. The van der Waals surface area contributed by atoms with E-state index in [2.05, 4.69) is 17.0 Å². The van der Waals surface area contributed by atoms with E-state index in [-0.39, 0.29) is 0 Å². The summed E-state index contributed by atoms with van der Waals surface area (Å²) in [7, 11) is 0. The van der Waals surface area contributed by atoms with Crippen LogP contribution in [0.4, 0.5) is 0 Å². The van der Waals surface area contributed by atoms with Crippen LogP contribution in [-0.2, 0) is 4.74 Å². The molecule has 0 amide bonds. The molecule has 86 valence electrons. The van der Waals surface area contributed by atoms with E-state index in [0.29, 0.717) is 11.8 Å². The molecule has 0 spiro atoms. The maximum absolute atomic E-state index is 8.78. The lowest BCUT2D eigenvalue weighted by Crippen LogP contribution is -2.42. The van der Waals surface area contributed by atoms with Gasteiger partial charge in [-0.25, -0.2) is 0 Å². The minimum absolute atomic E-state index is 0.395. The molecule has 0 aliphatic carbocycles. The molecule has 0 aromatic carbocycles. The number of rotatable bonds is 2. The van der Waals surface area contributed by atoms with Crippen LogP contribution in [0.3, 0.4) is 0 Å². The Morgan fingerprint density at radius 2 is 2.47 bits per heavy atom. The minimum atomic E-state index is 0.395. The highest BCUT2D eigenvalue weighted by molar-refractivity contribution is 5.86. The third-order valence-electron chi connectivity index (χ3n) is 3.45. The second-order valence-electron chi connectivity index (χ2n) is 4.73. The molecule has 2 fully saturated rings. The second kappa shape index (κ2) is 4.94. The van der Waals surface area contributed by atoms with Gasteiger partial charge in [0.2, 0.25) is 0 Å². The van der Waals surface area contributed by atoms with Crippen LogP contribution in [0.25, 0.3) is 0 Å². The van der Waals surface area contributed by atoms with Crippen molar-refractivity contribution in [3.63, 3.8) is 0 Å². The predicted molar refractivity (Wildman–Crippen MR) is 58.4 cm³/mol. The van der Waals surface area contributed by atoms with E-state index in [1.54, 1.807) is 0 Å². The number of hydrogen-bond donors (Lipinski definition) is 1. The lowest BCUT2D eigenvalue weighted by molar-refractivity contribution is 0.160. The summed E-state index contributed by atoms with van der Waals surface area (Å²) in [6.45, 7) is 7.18. The molecule has 2 aliphatic rings. The van der Waals surface area contributed by atoms with E-state index in [1.807, 2.05) is 0 Å². The topological polar surface area (TPSA) is 45.1 Å². The van der Waals surface area contributed by atoms with Crippen LogP contribution < -0.4 is 0 Å². The van der Waals surface area contributed by atoms with Crippen molar-refractivity contribution >= 4 is 5.71 Å². The first-order valence-corrected chi connectivity index (χ1v) is 5.80. The molecule has 2 aliphatic heterocycles. The largest absolute Gasteiger partial charge is 0.411 e. The molecule has 4 heteroatoms. The van der Waals surface area contributed by atoms with E-state index in [4.69, 9.17) is 9.94 Å². The van der Waals surface area contributed by atoms with E-state index in [9.17, 15) is 0 Å². The second-order valence-corrected chi connectivity index (χ2v) is 4.73. The van der Waals surface area contributed by atoms with Crippen molar-refractivity contribution < 1.29 is 9.94 Å². The van der Waals surface area contributed by atoms with Gasteiger partial charge in [0.05, 0.1) is 12.3 Å². The summed E-state index contributed by atoms with van der Waals surface area (Å²) < 4.78 is 5.38. The van der Waals surface area contributed by atoms with Crippen LogP contribution in [0.5, 0.6) is 0 Å². The van der Waals surface area contributed by atoms with E-state index in [1.165, 1.54) is 6.42 Å². The molecule has 0 saturated carbocycles. The summed E-state index contributed by atoms with van der Waals surface area (Å²) in [6.07, 6.45) is 2.11. The molecule has 15 heavy (non-hydrogen) atoms. The first-order chi connectivity index (χ1) is 7.29. The number of piperidine rings is 1. The molecule has 1 N–H and O–H groups in total. The van der Waals surface area contributed by atoms with Crippen molar-refractivity contribution in [2.45, 2.75) is 19.8 Å². The van der Waals surface area contributed by atoms with Gasteiger partial charge in [-0.2, -0.15) is 0 Å². The highest BCUT2D eigenvalue weighted by Gasteiger charge is 2.25. The van der Waals surface area contributed by atoms with Crippen molar-refractivity contribution in [3.8, 4) is 0 Å². The molecule has 2 rings (SSSR count). The van der Waals surface area contributed by atoms with Gasteiger partial charge in [-0.3, -0.25) is 0 Å². The summed E-state index contributed by atoms with van der Waals surface area (Å²) in [6, 6.07) is 0. The van der Waals surface area contributed by atoms with Gasteiger partial charge < -0.3 is 14.8 Å². The molecule has 2 saturated heterocycles. The fourth-order valence-corrected chi connectivity index (χ4v) is 2.51. The monoisotopic (exact) mass is 212 g/mol. The summed E-state index contributed by atoms with van der Waals surface area (Å²) in [5, 5.41) is 12.1. The number of oxime groups is 1. The number of likely N-dealkylation sites (tertiary alicyclic amines) is 1.